The topological polar surface area (TPSA) is 39.7 Å². The van der Waals surface area contributed by atoms with Gasteiger partial charge in [0.25, 0.3) is 0 Å². The van der Waals surface area contributed by atoms with Crippen LogP contribution in [0.15, 0.2) is 53.5 Å². The minimum Gasteiger partial charge on any atom is -0.378 e. The molecule has 0 atom stereocenters. The zero-order valence-electron chi connectivity index (χ0n) is 15.5. The van der Waals surface area contributed by atoms with Gasteiger partial charge in [-0.2, -0.15) is 0 Å². The fourth-order valence-electron chi connectivity index (χ4n) is 2.60. The Hall–Kier alpha value is -1.76. The van der Waals surface area contributed by atoms with Gasteiger partial charge in [0.15, 0.2) is 5.96 Å². The molecule has 2 aromatic rings. The van der Waals surface area contributed by atoms with E-state index in [1.807, 2.05) is 0 Å². The molecule has 0 unspecified atom stereocenters. The highest BCUT2D eigenvalue weighted by molar-refractivity contribution is 14.0. The van der Waals surface area contributed by atoms with Gasteiger partial charge in [0.2, 0.25) is 0 Å². The number of hydrogen-bond acceptors (Lipinski definition) is 2. The van der Waals surface area contributed by atoms with E-state index >= 15 is 0 Å². The molecule has 4 nitrogen and oxygen atoms in total. The number of nitrogens with zero attached hydrogens (tertiary/aromatic N) is 2. The molecule has 0 saturated carbocycles. The van der Waals surface area contributed by atoms with Gasteiger partial charge in [0.05, 0.1) is 0 Å². The SMILES string of the molecule is CCc1ccccc1CNC(=NC)NCc1cccc(N(C)C)c1.I. The summed E-state index contributed by atoms with van der Waals surface area (Å²) in [5.41, 5.74) is 5.13. The molecule has 25 heavy (non-hydrogen) atoms. The molecule has 5 heteroatoms. The normalized spacial score (nSPS) is 10.8. The molecule has 0 aromatic heterocycles. The summed E-state index contributed by atoms with van der Waals surface area (Å²) in [7, 11) is 5.91. The third-order valence-corrected chi connectivity index (χ3v) is 4.06. The smallest absolute Gasteiger partial charge is 0.191 e. The van der Waals surface area contributed by atoms with Crippen LogP contribution in [-0.4, -0.2) is 27.1 Å². The van der Waals surface area contributed by atoms with Gasteiger partial charge in [0.1, 0.15) is 0 Å². The first-order chi connectivity index (χ1) is 11.6. The maximum absolute atomic E-state index is 4.32. The molecule has 0 fully saturated rings. The number of halogens is 1. The standard InChI is InChI=1S/C20H28N4.HI/c1-5-17-10-6-7-11-18(17)15-23-20(21-2)22-14-16-9-8-12-19(13-16)24(3)4;/h6-13H,5,14-15H2,1-4H3,(H2,21,22,23);1H. The molecule has 0 amide bonds. The van der Waals surface area contributed by atoms with Crippen LogP contribution in [0, 0.1) is 0 Å². The van der Waals surface area contributed by atoms with E-state index in [0.29, 0.717) is 0 Å². The van der Waals surface area contributed by atoms with Crippen LogP contribution in [0.2, 0.25) is 0 Å². The maximum atomic E-state index is 4.32. The first-order valence-electron chi connectivity index (χ1n) is 8.41. The quantitative estimate of drug-likeness (QED) is 0.398. The fourth-order valence-corrected chi connectivity index (χ4v) is 2.60. The molecule has 2 rings (SSSR count). The number of hydrogen-bond donors (Lipinski definition) is 2. The Morgan fingerprint density at radius 1 is 0.960 bits per heavy atom. The average Bonchev–Trinajstić information content (AvgIpc) is 2.62. The summed E-state index contributed by atoms with van der Waals surface area (Å²) in [6, 6.07) is 17.0. The molecule has 0 bridgehead atoms. The summed E-state index contributed by atoms with van der Waals surface area (Å²) in [5.74, 6) is 0.816. The Labute approximate surface area is 168 Å². The monoisotopic (exact) mass is 452 g/mol. The highest BCUT2D eigenvalue weighted by Gasteiger charge is 2.03. The van der Waals surface area contributed by atoms with Crippen molar-refractivity contribution in [1.82, 2.24) is 10.6 Å². The number of anilines is 1. The van der Waals surface area contributed by atoms with E-state index in [1.165, 1.54) is 22.4 Å². The van der Waals surface area contributed by atoms with Gasteiger partial charge in [-0.15, -0.1) is 24.0 Å². The summed E-state index contributed by atoms with van der Waals surface area (Å²) in [6.45, 7) is 3.71. The van der Waals surface area contributed by atoms with Crippen molar-refractivity contribution in [3.05, 3.63) is 65.2 Å². The van der Waals surface area contributed by atoms with E-state index in [9.17, 15) is 0 Å². The molecule has 0 radical (unpaired) electrons. The number of aryl methyl sites for hydroxylation is 1. The van der Waals surface area contributed by atoms with Crippen molar-refractivity contribution in [3.8, 4) is 0 Å². The third-order valence-electron chi connectivity index (χ3n) is 4.06. The van der Waals surface area contributed by atoms with Crippen molar-refractivity contribution < 1.29 is 0 Å². The van der Waals surface area contributed by atoms with Crippen molar-refractivity contribution >= 4 is 35.6 Å². The van der Waals surface area contributed by atoms with Gasteiger partial charge in [-0.1, -0.05) is 43.3 Å². The lowest BCUT2D eigenvalue weighted by Crippen LogP contribution is -2.36. The van der Waals surface area contributed by atoms with Crippen LogP contribution in [-0.2, 0) is 19.5 Å². The third kappa shape index (κ3) is 6.57. The minimum atomic E-state index is 0. The van der Waals surface area contributed by atoms with E-state index in [4.69, 9.17) is 0 Å². The average molecular weight is 452 g/mol. The van der Waals surface area contributed by atoms with Gasteiger partial charge in [-0.05, 0) is 35.2 Å². The first-order valence-corrected chi connectivity index (χ1v) is 8.41. The largest absolute Gasteiger partial charge is 0.378 e. The molecule has 2 aromatic carbocycles. The number of aliphatic imine (C=N–C) groups is 1. The van der Waals surface area contributed by atoms with Gasteiger partial charge in [0, 0.05) is 39.9 Å². The number of guanidine groups is 1. The molecule has 2 N–H and O–H groups in total. The second-order valence-electron chi connectivity index (χ2n) is 5.97. The molecule has 0 aliphatic heterocycles. The summed E-state index contributed by atoms with van der Waals surface area (Å²) >= 11 is 0. The van der Waals surface area contributed by atoms with Gasteiger partial charge in [-0.25, -0.2) is 0 Å². The van der Waals surface area contributed by atoms with Crippen molar-refractivity contribution in [2.75, 3.05) is 26.0 Å². The van der Waals surface area contributed by atoms with Crippen LogP contribution >= 0.6 is 24.0 Å². The van der Waals surface area contributed by atoms with Gasteiger partial charge in [-0.3, -0.25) is 4.99 Å². The summed E-state index contributed by atoms with van der Waals surface area (Å²) < 4.78 is 0. The molecule has 0 aliphatic carbocycles. The number of nitrogens with one attached hydrogen (secondary N) is 2. The Morgan fingerprint density at radius 2 is 1.64 bits per heavy atom. The zero-order chi connectivity index (χ0) is 17.4. The molecule has 0 aliphatic rings. The van der Waals surface area contributed by atoms with E-state index in [0.717, 1.165) is 25.5 Å². The Kier molecular flexibility index (Phi) is 9.34. The molecule has 136 valence electrons. The first kappa shape index (κ1) is 21.3. The van der Waals surface area contributed by atoms with Crippen molar-refractivity contribution in [2.24, 2.45) is 4.99 Å². The van der Waals surface area contributed by atoms with Crippen molar-refractivity contribution in [1.29, 1.82) is 0 Å². The van der Waals surface area contributed by atoms with Crippen LogP contribution in [0.25, 0.3) is 0 Å². The number of rotatable bonds is 6. The van der Waals surface area contributed by atoms with E-state index < -0.39 is 0 Å². The van der Waals surface area contributed by atoms with E-state index in [-0.39, 0.29) is 24.0 Å². The second-order valence-corrected chi connectivity index (χ2v) is 5.97. The molecule has 0 spiro atoms. The molecule has 0 saturated heterocycles. The molecular formula is C20H29IN4. The van der Waals surface area contributed by atoms with Crippen molar-refractivity contribution in [2.45, 2.75) is 26.4 Å². The zero-order valence-corrected chi connectivity index (χ0v) is 17.9. The van der Waals surface area contributed by atoms with Crippen LogP contribution in [0.5, 0.6) is 0 Å². The number of benzene rings is 2. The van der Waals surface area contributed by atoms with Crippen LogP contribution in [0.4, 0.5) is 5.69 Å². The Bertz CT molecular complexity index is 683. The predicted octanol–water partition coefficient (Wildman–Crippen LogP) is 3.80. The molecular weight excluding hydrogens is 423 g/mol. The van der Waals surface area contributed by atoms with Gasteiger partial charge < -0.3 is 15.5 Å². The van der Waals surface area contributed by atoms with Crippen LogP contribution in [0.1, 0.15) is 23.6 Å². The maximum Gasteiger partial charge on any atom is 0.191 e. The van der Waals surface area contributed by atoms with Crippen molar-refractivity contribution in [3.63, 3.8) is 0 Å². The highest BCUT2D eigenvalue weighted by Crippen LogP contribution is 2.13. The highest BCUT2D eigenvalue weighted by atomic mass is 127. The lowest BCUT2D eigenvalue weighted by Gasteiger charge is -2.16. The predicted molar refractivity (Wildman–Crippen MR) is 119 cm³/mol. The van der Waals surface area contributed by atoms with Crippen LogP contribution < -0.4 is 15.5 Å². The molecule has 0 heterocycles. The summed E-state index contributed by atoms with van der Waals surface area (Å²) in [4.78, 5) is 6.42. The minimum absolute atomic E-state index is 0. The van der Waals surface area contributed by atoms with E-state index in [2.05, 4.69) is 90.1 Å². The Morgan fingerprint density at radius 3 is 2.28 bits per heavy atom. The van der Waals surface area contributed by atoms with Gasteiger partial charge >= 0.3 is 0 Å². The van der Waals surface area contributed by atoms with Crippen LogP contribution in [0.3, 0.4) is 0 Å². The van der Waals surface area contributed by atoms with E-state index in [1.54, 1.807) is 7.05 Å². The second kappa shape index (κ2) is 11.0. The lowest BCUT2D eigenvalue weighted by atomic mass is 10.1. The summed E-state index contributed by atoms with van der Waals surface area (Å²) in [5, 5.41) is 6.78. The Balaban J connectivity index is 0.00000312. The fraction of sp³-hybridized carbons (Fsp3) is 0.350. The lowest BCUT2D eigenvalue weighted by molar-refractivity contribution is 0.802. The summed E-state index contributed by atoms with van der Waals surface area (Å²) in [6.07, 6.45) is 1.04.